The third-order valence-electron chi connectivity index (χ3n) is 4.37. The first-order valence-corrected chi connectivity index (χ1v) is 8.22. The summed E-state index contributed by atoms with van der Waals surface area (Å²) in [6.07, 6.45) is 8.33. The predicted molar refractivity (Wildman–Crippen MR) is 94.0 cm³/mol. The zero-order valence-corrected chi connectivity index (χ0v) is 13.7. The highest BCUT2D eigenvalue weighted by Crippen LogP contribution is 2.23. The molecule has 120 valence electrons. The van der Waals surface area contributed by atoms with Crippen LogP contribution < -0.4 is 10.6 Å². The van der Waals surface area contributed by atoms with Gasteiger partial charge in [0.05, 0.1) is 11.3 Å². The third-order valence-corrected chi connectivity index (χ3v) is 4.37. The molecule has 3 rings (SSSR count). The van der Waals surface area contributed by atoms with Crippen LogP contribution in [0.3, 0.4) is 0 Å². The van der Waals surface area contributed by atoms with Crippen molar-refractivity contribution in [1.82, 2.24) is 4.98 Å². The minimum absolute atomic E-state index is 0.124. The Bertz CT molecular complexity index is 706. The standard InChI is InChI=1S/C19H23N3O/c1-13-7-8-14(2)18(9-13)22-19(23)15-10-17(12-20-11-15)21-16-5-3-4-6-16/h7-12,16,21H,3-6H2,1-2H3,(H,22,23). The van der Waals surface area contributed by atoms with Crippen molar-refractivity contribution in [3.8, 4) is 0 Å². The molecule has 0 bridgehead atoms. The first-order chi connectivity index (χ1) is 11.1. The molecule has 4 nitrogen and oxygen atoms in total. The van der Waals surface area contributed by atoms with Gasteiger partial charge < -0.3 is 10.6 Å². The fourth-order valence-electron chi connectivity index (χ4n) is 3.01. The number of pyridine rings is 1. The van der Waals surface area contributed by atoms with E-state index in [0.29, 0.717) is 11.6 Å². The highest BCUT2D eigenvalue weighted by atomic mass is 16.1. The molecule has 23 heavy (non-hydrogen) atoms. The molecule has 2 aromatic rings. The zero-order chi connectivity index (χ0) is 16.2. The Morgan fingerprint density at radius 2 is 1.91 bits per heavy atom. The Morgan fingerprint density at radius 3 is 2.70 bits per heavy atom. The maximum Gasteiger partial charge on any atom is 0.257 e. The lowest BCUT2D eigenvalue weighted by atomic mass is 10.1. The number of benzene rings is 1. The smallest absolute Gasteiger partial charge is 0.257 e. The molecule has 1 saturated carbocycles. The largest absolute Gasteiger partial charge is 0.381 e. The van der Waals surface area contributed by atoms with E-state index in [1.54, 1.807) is 12.4 Å². The van der Waals surface area contributed by atoms with E-state index in [4.69, 9.17) is 0 Å². The van der Waals surface area contributed by atoms with E-state index in [0.717, 1.165) is 22.5 Å². The van der Waals surface area contributed by atoms with Gasteiger partial charge in [-0.05, 0) is 49.9 Å². The molecule has 1 aliphatic carbocycles. The van der Waals surface area contributed by atoms with Crippen LogP contribution in [0.25, 0.3) is 0 Å². The number of aromatic nitrogens is 1. The van der Waals surface area contributed by atoms with Crippen molar-refractivity contribution in [2.75, 3.05) is 10.6 Å². The minimum Gasteiger partial charge on any atom is -0.381 e. The number of anilines is 2. The molecule has 0 unspecified atom stereocenters. The molecule has 1 aromatic carbocycles. The fraction of sp³-hybridized carbons (Fsp3) is 0.368. The summed E-state index contributed by atoms with van der Waals surface area (Å²) in [6.45, 7) is 4.01. The fourth-order valence-corrected chi connectivity index (χ4v) is 3.01. The van der Waals surface area contributed by atoms with Gasteiger partial charge in [-0.25, -0.2) is 0 Å². The first-order valence-electron chi connectivity index (χ1n) is 8.22. The van der Waals surface area contributed by atoms with E-state index in [9.17, 15) is 4.79 Å². The minimum atomic E-state index is -0.124. The number of carbonyl (C=O) groups excluding carboxylic acids is 1. The van der Waals surface area contributed by atoms with E-state index in [-0.39, 0.29) is 5.91 Å². The number of nitrogens with zero attached hydrogens (tertiary/aromatic N) is 1. The van der Waals surface area contributed by atoms with Gasteiger partial charge in [0.2, 0.25) is 0 Å². The normalized spacial score (nSPS) is 14.7. The topological polar surface area (TPSA) is 54.0 Å². The van der Waals surface area contributed by atoms with Crippen molar-refractivity contribution in [2.45, 2.75) is 45.6 Å². The summed E-state index contributed by atoms with van der Waals surface area (Å²) >= 11 is 0. The average molecular weight is 309 g/mol. The van der Waals surface area contributed by atoms with Crippen LogP contribution >= 0.6 is 0 Å². The van der Waals surface area contributed by atoms with Gasteiger partial charge in [0, 0.05) is 24.1 Å². The quantitative estimate of drug-likeness (QED) is 0.885. The van der Waals surface area contributed by atoms with Gasteiger partial charge in [-0.3, -0.25) is 9.78 Å². The lowest BCUT2D eigenvalue weighted by molar-refractivity contribution is 0.102. The number of hydrogen-bond donors (Lipinski definition) is 2. The number of aryl methyl sites for hydroxylation is 2. The summed E-state index contributed by atoms with van der Waals surface area (Å²) in [5.74, 6) is -0.124. The highest BCUT2D eigenvalue weighted by molar-refractivity contribution is 6.05. The van der Waals surface area contributed by atoms with Gasteiger partial charge in [0.1, 0.15) is 0 Å². The second-order valence-corrected chi connectivity index (χ2v) is 6.36. The summed E-state index contributed by atoms with van der Waals surface area (Å²) in [4.78, 5) is 16.7. The molecule has 0 spiro atoms. The first kappa shape index (κ1) is 15.5. The summed E-state index contributed by atoms with van der Waals surface area (Å²) < 4.78 is 0. The van der Waals surface area contributed by atoms with Gasteiger partial charge in [0.25, 0.3) is 5.91 Å². The van der Waals surface area contributed by atoms with Crippen molar-refractivity contribution in [1.29, 1.82) is 0 Å². The van der Waals surface area contributed by atoms with E-state index in [2.05, 4.69) is 15.6 Å². The van der Waals surface area contributed by atoms with Crippen molar-refractivity contribution in [3.63, 3.8) is 0 Å². The molecule has 1 aliphatic rings. The average Bonchev–Trinajstić information content (AvgIpc) is 3.04. The molecule has 1 heterocycles. The Labute approximate surface area is 137 Å². The second-order valence-electron chi connectivity index (χ2n) is 6.36. The van der Waals surface area contributed by atoms with E-state index in [1.807, 2.05) is 38.1 Å². The number of amides is 1. The molecule has 2 N–H and O–H groups in total. The molecule has 1 amide bonds. The maximum absolute atomic E-state index is 12.5. The van der Waals surface area contributed by atoms with Crippen LogP contribution in [0.5, 0.6) is 0 Å². The van der Waals surface area contributed by atoms with Crippen molar-refractivity contribution >= 4 is 17.3 Å². The van der Waals surface area contributed by atoms with Crippen LogP contribution in [-0.2, 0) is 0 Å². The number of nitrogens with one attached hydrogen (secondary N) is 2. The molecule has 0 saturated heterocycles. The van der Waals surface area contributed by atoms with Gasteiger partial charge in [0.15, 0.2) is 0 Å². The van der Waals surface area contributed by atoms with Crippen molar-refractivity contribution < 1.29 is 4.79 Å². The van der Waals surface area contributed by atoms with Gasteiger partial charge in [-0.1, -0.05) is 25.0 Å². The molecule has 1 fully saturated rings. The van der Waals surface area contributed by atoms with Crippen LogP contribution in [-0.4, -0.2) is 16.9 Å². The molecule has 0 radical (unpaired) electrons. The lowest BCUT2D eigenvalue weighted by Gasteiger charge is -2.14. The Balaban J connectivity index is 1.72. The number of hydrogen-bond acceptors (Lipinski definition) is 3. The Morgan fingerprint density at radius 1 is 1.13 bits per heavy atom. The van der Waals surface area contributed by atoms with Crippen LogP contribution in [0, 0.1) is 13.8 Å². The second kappa shape index (κ2) is 6.82. The zero-order valence-electron chi connectivity index (χ0n) is 13.7. The molecular formula is C19H23N3O. The summed E-state index contributed by atoms with van der Waals surface area (Å²) in [5.41, 5.74) is 4.53. The lowest BCUT2D eigenvalue weighted by Crippen LogP contribution is -2.17. The maximum atomic E-state index is 12.5. The van der Waals surface area contributed by atoms with Gasteiger partial charge in [-0.2, -0.15) is 0 Å². The molecule has 0 aliphatic heterocycles. The highest BCUT2D eigenvalue weighted by Gasteiger charge is 2.15. The Hall–Kier alpha value is -2.36. The van der Waals surface area contributed by atoms with Crippen LogP contribution in [0.2, 0.25) is 0 Å². The Kier molecular flexibility index (Phi) is 4.60. The van der Waals surface area contributed by atoms with Crippen LogP contribution in [0.15, 0.2) is 36.7 Å². The number of rotatable bonds is 4. The van der Waals surface area contributed by atoms with Crippen LogP contribution in [0.4, 0.5) is 11.4 Å². The molecular weight excluding hydrogens is 286 g/mol. The third kappa shape index (κ3) is 3.89. The molecule has 0 atom stereocenters. The SMILES string of the molecule is Cc1ccc(C)c(NC(=O)c2cncc(NC3CCCC3)c2)c1. The monoisotopic (exact) mass is 309 g/mol. The molecule has 4 heteroatoms. The van der Waals surface area contributed by atoms with E-state index >= 15 is 0 Å². The van der Waals surface area contributed by atoms with Crippen molar-refractivity contribution in [2.24, 2.45) is 0 Å². The van der Waals surface area contributed by atoms with E-state index in [1.165, 1.54) is 25.7 Å². The van der Waals surface area contributed by atoms with Gasteiger partial charge >= 0.3 is 0 Å². The summed E-state index contributed by atoms with van der Waals surface area (Å²) in [6, 6.07) is 8.43. The van der Waals surface area contributed by atoms with Gasteiger partial charge in [-0.15, -0.1) is 0 Å². The number of carbonyl (C=O) groups is 1. The summed E-state index contributed by atoms with van der Waals surface area (Å²) in [5, 5.41) is 6.46. The van der Waals surface area contributed by atoms with E-state index < -0.39 is 0 Å². The predicted octanol–water partition coefficient (Wildman–Crippen LogP) is 4.31. The van der Waals surface area contributed by atoms with Crippen LogP contribution in [0.1, 0.15) is 47.2 Å². The summed E-state index contributed by atoms with van der Waals surface area (Å²) in [7, 11) is 0. The van der Waals surface area contributed by atoms with Crippen molar-refractivity contribution in [3.05, 3.63) is 53.3 Å². The molecule has 1 aromatic heterocycles.